The Bertz CT molecular complexity index is 1520. The fourth-order valence-electron chi connectivity index (χ4n) is 3.42. The molecule has 1 aliphatic heterocycles. The average Bonchev–Trinajstić information content (AvgIpc) is 2.88. The second-order valence-electron chi connectivity index (χ2n) is 7.77. The van der Waals surface area contributed by atoms with Gasteiger partial charge in [-0.25, -0.2) is 9.69 Å². The molecule has 1 aliphatic rings. The number of imide groups is 2. The molecule has 0 aromatic heterocycles. The van der Waals surface area contributed by atoms with E-state index < -0.39 is 28.7 Å². The Morgan fingerprint density at radius 1 is 1.03 bits per heavy atom. The van der Waals surface area contributed by atoms with Gasteiger partial charge in [-0.2, -0.15) is 0 Å². The zero-order valence-corrected chi connectivity index (χ0v) is 20.7. The number of halogens is 2. The van der Waals surface area contributed by atoms with Gasteiger partial charge in [0.15, 0.2) is 6.61 Å². The zero-order chi connectivity index (χ0) is 27.4. The summed E-state index contributed by atoms with van der Waals surface area (Å²) in [5, 5.41) is 16.4. The van der Waals surface area contributed by atoms with Crippen LogP contribution in [0.5, 0.6) is 5.75 Å². The molecule has 192 valence electrons. The minimum Gasteiger partial charge on any atom is -0.484 e. The van der Waals surface area contributed by atoms with Crippen molar-refractivity contribution in [2.24, 2.45) is 0 Å². The summed E-state index contributed by atoms with van der Waals surface area (Å²) < 4.78 is 5.51. The summed E-state index contributed by atoms with van der Waals surface area (Å²) in [6.07, 6.45) is 1.23. The van der Waals surface area contributed by atoms with Crippen LogP contribution in [0.15, 0.2) is 72.3 Å². The predicted molar refractivity (Wildman–Crippen MR) is 139 cm³/mol. The molecule has 1 heterocycles. The maximum atomic E-state index is 13.1. The standard InChI is InChI=1S/C25H16Cl2N4O7/c26-20-8-7-15(11-21(20)27)28-22(32)13-38-18-6-1-3-14(9-18)10-19-23(33)29-25(35)30(24(19)34)16-4-2-5-17(12-16)31(36)37/h1-12H,13H2,(H,28,32)(H,29,33,35)/b19-10-. The molecule has 0 radical (unpaired) electrons. The molecule has 0 bridgehead atoms. The first-order chi connectivity index (χ1) is 18.1. The molecular weight excluding hydrogens is 539 g/mol. The smallest absolute Gasteiger partial charge is 0.335 e. The number of rotatable bonds is 7. The molecule has 0 aliphatic carbocycles. The lowest BCUT2D eigenvalue weighted by molar-refractivity contribution is -0.384. The first kappa shape index (κ1) is 26.3. The Morgan fingerprint density at radius 2 is 1.79 bits per heavy atom. The summed E-state index contributed by atoms with van der Waals surface area (Å²) in [4.78, 5) is 61.1. The second kappa shape index (κ2) is 11.1. The molecule has 0 saturated carbocycles. The number of nitro benzene ring substituents is 1. The van der Waals surface area contributed by atoms with E-state index in [0.29, 0.717) is 21.2 Å². The van der Waals surface area contributed by atoms with Crippen LogP contribution < -0.4 is 20.3 Å². The number of carbonyl (C=O) groups excluding carboxylic acids is 4. The third kappa shape index (κ3) is 5.97. The minimum absolute atomic E-state index is 0.0785. The Kier molecular flexibility index (Phi) is 7.70. The van der Waals surface area contributed by atoms with Crippen LogP contribution in [-0.4, -0.2) is 35.3 Å². The number of nitrogens with one attached hydrogen (secondary N) is 2. The van der Waals surface area contributed by atoms with E-state index in [4.69, 9.17) is 27.9 Å². The number of nitrogens with zero attached hydrogens (tertiary/aromatic N) is 2. The van der Waals surface area contributed by atoms with Gasteiger partial charge in [-0.1, -0.05) is 41.4 Å². The van der Waals surface area contributed by atoms with Crippen LogP contribution in [0.4, 0.5) is 21.9 Å². The van der Waals surface area contributed by atoms with Gasteiger partial charge in [-0.05, 0) is 48.0 Å². The number of anilines is 2. The number of barbiturate groups is 1. The number of hydrogen-bond acceptors (Lipinski definition) is 7. The van der Waals surface area contributed by atoms with Gasteiger partial charge in [0.05, 0.1) is 20.7 Å². The van der Waals surface area contributed by atoms with Gasteiger partial charge < -0.3 is 10.1 Å². The van der Waals surface area contributed by atoms with Crippen molar-refractivity contribution in [3.8, 4) is 5.75 Å². The summed E-state index contributed by atoms with van der Waals surface area (Å²) in [5.74, 6) is -2.11. The highest BCUT2D eigenvalue weighted by Gasteiger charge is 2.37. The van der Waals surface area contributed by atoms with Crippen molar-refractivity contribution in [1.82, 2.24) is 5.32 Å². The highest BCUT2D eigenvalue weighted by Crippen LogP contribution is 2.27. The van der Waals surface area contributed by atoms with Gasteiger partial charge in [-0.3, -0.25) is 29.8 Å². The molecule has 0 unspecified atom stereocenters. The third-order valence-corrected chi connectivity index (χ3v) is 5.88. The number of amides is 5. The van der Waals surface area contributed by atoms with Gasteiger partial charge in [0.25, 0.3) is 23.4 Å². The van der Waals surface area contributed by atoms with E-state index in [1.54, 1.807) is 24.3 Å². The van der Waals surface area contributed by atoms with Gasteiger partial charge in [0.1, 0.15) is 11.3 Å². The van der Waals surface area contributed by atoms with Crippen molar-refractivity contribution in [2.45, 2.75) is 0 Å². The third-order valence-electron chi connectivity index (χ3n) is 5.14. The van der Waals surface area contributed by atoms with Gasteiger partial charge in [0.2, 0.25) is 0 Å². The van der Waals surface area contributed by atoms with Crippen LogP contribution in [-0.2, 0) is 14.4 Å². The van der Waals surface area contributed by atoms with Crippen molar-refractivity contribution in [3.05, 3.63) is 98.0 Å². The normalized spacial score (nSPS) is 14.3. The van der Waals surface area contributed by atoms with E-state index in [1.165, 1.54) is 42.5 Å². The molecular formula is C25H16Cl2N4O7. The molecule has 2 N–H and O–H groups in total. The van der Waals surface area contributed by atoms with Crippen molar-refractivity contribution in [1.29, 1.82) is 0 Å². The number of benzene rings is 3. The van der Waals surface area contributed by atoms with Crippen molar-refractivity contribution in [2.75, 3.05) is 16.8 Å². The van der Waals surface area contributed by atoms with Gasteiger partial charge in [-0.15, -0.1) is 0 Å². The maximum absolute atomic E-state index is 13.1. The molecule has 13 heteroatoms. The number of carbonyl (C=O) groups is 4. The van der Waals surface area contributed by atoms with Crippen LogP contribution in [0.25, 0.3) is 6.08 Å². The van der Waals surface area contributed by atoms with E-state index in [2.05, 4.69) is 5.32 Å². The fourth-order valence-corrected chi connectivity index (χ4v) is 3.72. The number of nitro groups is 1. The number of urea groups is 1. The molecule has 1 saturated heterocycles. The largest absolute Gasteiger partial charge is 0.484 e. The lowest BCUT2D eigenvalue weighted by Crippen LogP contribution is -2.54. The molecule has 5 amide bonds. The molecule has 3 aromatic rings. The molecule has 38 heavy (non-hydrogen) atoms. The molecule has 0 spiro atoms. The van der Waals surface area contributed by atoms with Crippen molar-refractivity contribution in [3.63, 3.8) is 0 Å². The van der Waals surface area contributed by atoms with Crippen molar-refractivity contribution < 1.29 is 28.8 Å². The lowest BCUT2D eigenvalue weighted by atomic mass is 10.1. The average molecular weight is 555 g/mol. The number of hydrogen-bond donors (Lipinski definition) is 2. The van der Waals surface area contributed by atoms with Crippen LogP contribution in [0.1, 0.15) is 5.56 Å². The SMILES string of the molecule is O=C(COc1cccc(/C=C2/C(=O)NC(=O)N(c3cccc([N+](=O)[O-])c3)C2=O)c1)Nc1ccc(Cl)c(Cl)c1. The topological polar surface area (TPSA) is 148 Å². The second-order valence-corrected chi connectivity index (χ2v) is 8.59. The monoisotopic (exact) mass is 554 g/mol. The lowest BCUT2D eigenvalue weighted by Gasteiger charge is -2.26. The zero-order valence-electron chi connectivity index (χ0n) is 19.1. The molecule has 1 fully saturated rings. The van der Waals surface area contributed by atoms with Crippen LogP contribution in [0.2, 0.25) is 10.0 Å². The van der Waals surface area contributed by atoms with Gasteiger partial charge >= 0.3 is 6.03 Å². The van der Waals surface area contributed by atoms with E-state index in [-0.39, 0.29) is 34.3 Å². The molecule has 3 aromatic carbocycles. The van der Waals surface area contributed by atoms with E-state index in [0.717, 1.165) is 6.07 Å². The highest BCUT2D eigenvalue weighted by atomic mass is 35.5. The fraction of sp³-hybridized carbons (Fsp3) is 0.0400. The van der Waals surface area contributed by atoms with E-state index in [1.807, 2.05) is 5.32 Å². The summed E-state index contributed by atoms with van der Waals surface area (Å²) in [6.45, 7) is -0.352. The maximum Gasteiger partial charge on any atom is 0.335 e. The summed E-state index contributed by atoms with van der Waals surface area (Å²) in [6, 6.07) is 14.6. The first-order valence-corrected chi connectivity index (χ1v) is 11.5. The number of non-ortho nitro benzene ring substituents is 1. The summed E-state index contributed by atoms with van der Waals surface area (Å²) in [7, 11) is 0. The Hall–Kier alpha value is -4.74. The predicted octanol–water partition coefficient (Wildman–Crippen LogP) is 4.59. The Balaban J connectivity index is 1.49. The Labute approximate surface area is 224 Å². The summed E-state index contributed by atoms with van der Waals surface area (Å²) >= 11 is 11.8. The first-order valence-electron chi connectivity index (χ1n) is 10.8. The molecule has 4 rings (SSSR count). The quantitative estimate of drug-likeness (QED) is 0.188. The molecule has 11 nitrogen and oxygen atoms in total. The number of ether oxygens (including phenoxy) is 1. The van der Waals surface area contributed by atoms with Crippen molar-refractivity contribution >= 4 is 70.1 Å². The van der Waals surface area contributed by atoms with E-state index in [9.17, 15) is 29.3 Å². The highest BCUT2D eigenvalue weighted by molar-refractivity contribution is 6.42. The van der Waals surface area contributed by atoms with E-state index >= 15 is 0 Å². The van der Waals surface area contributed by atoms with Gasteiger partial charge in [0, 0.05) is 17.8 Å². The Morgan fingerprint density at radius 3 is 2.53 bits per heavy atom. The van der Waals surface area contributed by atoms with Crippen LogP contribution >= 0.6 is 23.2 Å². The molecule has 0 atom stereocenters. The van der Waals surface area contributed by atoms with Crippen LogP contribution in [0, 0.1) is 10.1 Å². The minimum atomic E-state index is -1.04. The summed E-state index contributed by atoms with van der Waals surface area (Å²) in [5.41, 5.74) is -0.00949. The van der Waals surface area contributed by atoms with Crippen LogP contribution in [0.3, 0.4) is 0 Å².